The number of carbonyl (C=O) groups excluding carboxylic acids is 1. The van der Waals surface area contributed by atoms with Crippen molar-refractivity contribution in [1.29, 1.82) is 0 Å². The molecule has 0 amide bonds. The highest BCUT2D eigenvalue weighted by Crippen LogP contribution is 2.73. The number of allylic oxidation sites excluding steroid dienone is 3. The van der Waals surface area contributed by atoms with Gasteiger partial charge in [0.2, 0.25) is 0 Å². The lowest BCUT2D eigenvalue weighted by molar-refractivity contribution is -0.174. The summed E-state index contributed by atoms with van der Waals surface area (Å²) in [5, 5.41) is 9.19. The van der Waals surface area contributed by atoms with Crippen molar-refractivity contribution in [2.45, 2.75) is 119 Å². The second-order valence-electron chi connectivity index (χ2n) is 14.1. The van der Waals surface area contributed by atoms with Gasteiger partial charge in [-0.25, -0.2) is 4.79 Å². The van der Waals surface area contributed by atoms with Crippen molar-refractivity contribution in [3.8, 4) is 0 Å². The van der Waals surface area contributed by atoms with E-state index in [1.54, 1.807) is 19.4 Å². The molecule has 0 aromatic heterocycles. The first-order chi connectivity index (χ1) is 16.7. The molecule has 3 fully saturated rings. The van der Waals surface area contributed by atoms with Crippen LogP contribution in [0.4, 0.5) is 0 Å². The van der Waals surface area contributed by atoms with Gasteiger partial charge in [0.05, 0.1) is 0 Å². The second-order valence-corrected chi connectivity index (χ2v) is 14.1. The van der Waals surface area contributed by atoms with Gasteiger partial charge in [0.1, 0.15) is 6.10 Å². The molecule has 0 aromatic carbocycles. The molecule has 8 atom stereocenters. The molecule has 0 saturated heterocycles. The fraction of sp³-hybridized carbons (Fsp3) is 0.812. The fourth-order valence-electron chi connectivity index (χ4n) is 9.90. The molecule has 4 nitrogen and oxygen atoms in total. The summed E-state index contributed by atoms with van der Waals surface area (Å²) in [4.78, 5) is 23.0. The van der Waals surface area contributed by atoms with Gasteiger partial charge in [0, 0.05) is 17.9 Å². The molecule has 0 spiro atoms. The number of fused-ring (bicyclic) bond motifs is 5. The van der Waals surface area contributed by atoms with Crippen LogP contribution < -0.4 is 0 Å². The molecule has 4 aliphatic rings. The van der Waals surface area contributed by atoms with E-state index in [2.05, 4.69) is 47.6 Å². The van der Waals surface area contributed by atoms with Gasteiger partial charge in [0.15, 0.2) is 0 Å². The normalized spacial score (nSPS) is 42.4. The van der Waals surface area contributed by atoms with E-state index >= 15 is 0 Å². The van der Waals surface area contributed by atoms with Crippen molar-refractivity contribution in [3.63, 3.8) is 0 Å². The number of hydrogen-bond donors (Lipinski definition) is 1. The lowest BCUT2D eigenvalue weighted by atomic mass is 9.41. The lowest BCUT2D eigenvalue weighted by Gasteiger charge is -2.64. The topological polar surface area (TPSA) is 63.6 Å². The molecular formula is C32H50O4. The highest BCUT2D eigenvalue weighted by atomic mass is 16.5. The van der Waals surface area contributed by atoms with Gasteiger partial charge in [-0.1, -0.05) is 59.3 Å². The number of esters is 1. The maximum Gasteiger partial charge on any atom is 0.330 e. The van der Waals surface area contributed by atoms with Gasteiger partial charge in [-0.3, -0.25) is 4.79 Å². The number of carbonyl (C=O) groups is 2. The molecule has 4 rings (SSSR count). The zero-order chi connectivity index (χ0) is 26.7. The predicted octanol–water partition coefficient (Wildman–Crippen LogP) is 7.97. The molecule has 1 N–H and O–H groups in total. The van der Waals surface area contributed by atoms with Gasteiger partial charge >= 0.3 is 11.9 Å². The van der Waals surface area contributed by atoms with E-state index in [1.807, 2.05) is 6.08 Å². The number of carboxylic acids is 1. The zero-order valence-electron chi connectivity index (χ0n) is 24.1. The van der Waals surface area contributed by atoms with Crippen LogP contribution in [0, 0.1) is 45.3 Å². The predicted molar refractivity (Wildman–Crippen MR) is 144 cm³/mol. The fourth-order valence-corrected chi connectivity index (χ4v) is 9.90. The molecule has 0 heterocycles. The third-order valence-electron chi connectivity index (χ3n) is 12.2. The SMILES string of the molecule is CC(=O)O[C@@H]1CC[C@]2(C)[C@H]3CC[C@]4(C)[C@@H]([C@H](C)CC/C=C(\C)C(=O)O)CC[C@@]4(C)C3=CC[C@H]2C1(C)C. The minimum Gasteiger partial charge on any atom is -0.478 e. The van der Waals surface area contributed by atoms with Crippen LogP contribution in [0.2, 0.25) is 0 Å². The summed E-state index contributed by atoms with van der Waals surface area (Å²) in [6, 6.07) is 0. The van der Waals surface area contributed by atoms with E-state index in [0.29, 0.717) is 34.7 Å². The van der Waals surface area contributed by atoms with Crippen molar-refractivity contribution < 1.29 is 19.4 Å². The monoisotopic (exact) mass is 498 g/mol. The van der Waals surface area contributed by atoms with E-state index in [1.165, 1.54) is 25.7 Å². The Labute approximate surface area is 219 Å². The minimum atomic E-state index is -0.803. The van der Waals surface area contributed by atoms with Gasteiger partial charge in [-0.05, 0) is 105 Å². The number of hydrogen-bond acceptors (Lipinski definition) is 3. The van der Waals surface area contributed by atoms with E-state index in [-0.39, 0.29) is 28.3 Å². The smallest absolute Gasteiger partial charge is 0.330 e. The van der Waals surface area contributed by atoms with E-state index in [0.717, 1.165) is 32.1 Å². The van der Waals surface area contributed by atoms with Crippen LogP contribution in [-0.2, 0) is 14.3 Å². The molecule has 4 aliphatic carbocycles. The largest absolute Gasteiger partial charge is 0.478 e. The molecule has 0 bridgehead atoms. The Morgan fingerprint density at radius 3 is 2.42 bits per heavy atom. The maximum atomic E-state index is 11.8. The maximum absolute atomic E-state index is 11.8. The van der Waals surface area contributed by atoms with Crippen LogP contribution in [0.15, 0.2) is 23.3 Å². The van der Waals surface area contributed by atoms with Crippen LogP contribution in [0.3, 0.4) is 0 Å². The Kier molecular flexibility index (Phi) is 7.10. The standard InChI is InChI=1S/C32H50O4/c1-20(10-9-11-21(2)28(34)35)23-14-18-32(8)25-12-13-26-29(4,5)27(36-22(3)33)16-17-30(26,6)24(25)15-19-31(23,32)7/h11-12,20,23-24,26-27H,9-10,13-19H2,1-8H3,(H,34,35)/b21-11+/t20-,23-,24+,26+,27-,30-,31-,32+/m1/s1. The van der Waals surface area contributed by atoms with Gasteiger partial charge in [-0.2, -0.15) is 0 Å². The van der Waals surface area contributed by atoms with Crippen molar-refractivity contribution in [1.82, 2.24) is 0 Å². The molecule has 0 aliphatic heterocycles. The summed E-state index contributed by atoms with van der Waals surface area (Å²) >= 11 is 0. The second kappa shape index (κ2) is 9.31. The quantitative estimate of drug-likeness (QED) is 0.229. The van der Waals surface area contributed by atoms with Gasteiger partial charge < -0.3 is 9.84 Å². The number of carboxylic acid groups (broad SMARTS) is 1. The van der Waals surface area contributed by atoms with E-state index in [4.69, 9.17) is 4.74 Å². The molecule has 0 unspecified atom stereocenters. The number of rotatable bonds is 6. The number of aliphatic carboxylic acids is 1. The first-order valence-corrected chi connectivity index (χ1v) is 14.5. The lowest BCUT2D eigenvalue weighted by Crippen LogP contribution is -2.58. The highest BCUT2D eigenvalue weighted by Gasteiger charge is 2.65. The summed E-state index contributed by atoms with van der Waals surface area (Å²) in [6.45, 7) is 18.0. The molecule has 202 valence electrons. The van der Waals surface area contributed by atoms with E-state index < -0.39 is 5.97 Å². The average Bonchev–Trinajstić information content (AvgIpc) is 3.07. The molecule has 3 saturated carbocycles. The minimum absolute atomic E-state index is 0.0167. The molecule has 4 heteroatoms. The Hall–Kier alpha value is -1.58. The van der Waals surface area contributed by atoms with Crippen LogP contribution in [0.1, 0.15) is 113 Å². The summed E-state index contributed by atoms with van der Waals surface area (Å²) < 4.78 is 5.85. The third-order valence-corrected chi connectivity index (χ3v) is 12.2. The molecular weight excluding hydrogens is 448 g/mol. The molecule has 36 heavy (non-hydrogen) atoms. The Bertz CT molecular complexity index is 959. The first kappa shape index (κ1) is 27.5. The first-order valence-electron chi connectivity index (χ1n) is 14.5. The summed E-state index contributed by atoms with van der Waals surface area (Å²) in [6.07, 6.45) is 14.8. The summed E-state index contributed by atoms with van der Waals surface area (Å²) in [5.74, 6) is 1.49. The molecule has 0 aromatic rings. The number of ether oxygens (including phenoxy) is 1. The zero-order valence-corrected chi connectivity index (χ0v) is 24.1. The van der Waals surface area contributed by atoms with Gasteiger partial charge in [-0.15, -0.1) is 0 Å². The average molecular weight is 499 g/mol. The Morgan fingerprint density at radius 1 is 1.08 bits per heavy atom. The van der Waals surface area contributed by atoms with Crippen molar-refractivity contribution in [2.24, 2.45) is 45.3 Å². The third kappa shape index (κ3) is 4.09. The Balaban J connectivity index is 1.57. The summed E-state index contributed by atoms with van der Waals surface area (Å²) in [5.41, 5.74) is 2.99. The van der Waals surface area contributed by atoms with E-state index in [9.17, 15) is 14.7 Å². The van der Waals surface area contributed by atoms with Crippen molar-refractivity contribution in [2.75, 3.05) is 0 Å². The van der Waals surface area contributed by atoms with Gasteiger partial charge in [0.25, 0.3) is 0 Å². The Morgan fingerprint density at radius 2 is 1.78 bits per heavy atom. The highest BCUT2D eigenvalue weighted by molar-refractivity contribution is 5.85. The van der Waals surface area contributed by atoms with Crippen molar-refractivity contribution in [3.05, 3.63) is 23.3 Å². The van der Waals surface area contributed by atoms with Crippen LogP contribution in [0.5, 0.6) is 0 Å². The molecule has 0 radical (unpaired) electrons. The van der Waals surface area contributed by atoms with Crippen LogP contribution in [0.25, 0.3) is 0 Å². The van der Waals surface area contributed by atoms with Crippen LogP contribution in [-0.4, -0.2) is 23.1 Å². The summed E-state index contributed by atoms with van der Waals surface area (Å²) in [7, 11) is 0. The van der Waals surface area contributed by atoms with Crippen LogP contribution >= 0.6 is 0 Å². The van der Waals surface area contributed by atoms with Crippen molar-refractivity contribution >= 4 is 11.9 Å².